The number of benzene rings is 1. The van der Waals surface area contributed by atoms with Gasteiger partial charge in [-0.1, -0.05) is 36.2 Å². The molecule has 4 unspecified atom stereocenters. The fourth-order valence-corrected chi connectivity index (χ4v) is 5.31. The summed E-state index contributed by atoms with van der Waals surface area (Å²) in [6, 6.07) is 9.86. The predicted octanol–water partition coefficient (Wildman–Crippen LogP) is 3.21. The summed E-state index contributed by atoms with van der Waals surface area (Å²) in [5.74, 6) is 1.92. The number of aromatic nitrogens is 2. The molecule has 0 radical (unpaired) electrons. The Labute approximate surface area is 183 Å². The van der Waals surface area contributed by atoms with Crippen LogP contribution in [0.1, 0.15) is 66.3 Å². The highest BCUT2D eigenvalue weighted by atomic mass is 35.5. The van der Waals surface area contributed by atoms with Crippen molar-refractivity contribution in [3.8, 4) is 0 Å². The number of fused-ring (bicyclic) bond motifs is 1. The Balaban J connectivity index is 0.00000218. The van der Waals surface area contributed by atoms with Crippen LogP contribution in [0.2, 0.25) is 0 Å². The van der Waals surface area contributed by atoms with E-state index < -0.39 is 0 Å². The van der Waals surface area contributed by atoms with Crippen molar-refractivity contribution < 1.29 is 9.32 Å². The van der Waals surface area contributed by atoms with Crippen molar-refractivity contribution in [3.05, 3.63) is 47.6 Å². The number of carbonyl (C=O) groups excluding carboxylic acids is 1. The molecule has 1 aromatic heterocycles. The minimum Gasteiger partial charge on any atom is -0.337 e. The van der Waals surface area contributed by atoms with E-state index in [1.165, 1.54) is 19.3 Å². The largest absolute Gasteiger partial charge is 0.337 e. The van der Waals surface area contributed by atoms with Crippen molar-refractivity contribution in [2.24, 2.45) is 5.92 Å². The van der Waals surface area contributed by atoms with E-state index in [1.807, 2.05) is 30.3 Å². The van der Waals surface area contributed by atoms with Gasteiger partial charge in [0, 0.05) is 31.2 Å². The molecule has 0 spiro atoms. The van der Waals surface area contributed by atoms with Gasteiger partial charge >= 0.3 is 0 Å². The first-order chi connectivity index (χ1) is 14.2. The van der Waals surface area contributed by atoms with Crippen LogP contribution in [0.4, 0.5) is 0 Å². The van der Waals surface area contributed by atoms with E-state index in [4.69, 9.17) is 9.51 Å². The van der Waals surface area contributed by atoms with Crippen LogP contribution in [-0.2, 0) is 0 Å². The summed E-state index contributed by atoms with van der Waals surface area (Å²) < 4.78 is 5.76. The summed E-state index contributed by atoms with van der Waals surface area (Å²) in [6.07, 6.45) is 5.59. The second-order valence-corrected chi connectivity index (χ2v) is 8.63. The molecule has 2 aromatic rings. The number of nitrogens with zero attached hydrogens (tertiary/aromatic N) is 4. The molecule has 7 nitrogen and oxygen atoms in total. The van der Waals surface area contributed by atoms with Gasteiger partial charge < -0.3 is 14.7 Å². The van der Waals surface area contributed by atoms with Gasteiger partial charge in [0.1, 0.15) is 6.04 Å². The molecule has 3 fully saturated rings. The number of halogens is 1. The number of likely N-dealkylation sites (tertiary alicyclic amines) is 1. The molecule has 8 heteroatoms. The molecule has 1 saturated carbocycles. The molecule has 1 N–H and O–H groups in total. The Morgan fingerprint density at radius 2 is 1.97 bits per heavy atom. The summed E-state index contributed by atoms with van der Waals surface area (Å²) in [6.45, 7) is 2.75. The Morgan fingerprint density at radius 3 is 2.77 bits per heavy atom. The van der Waals surface area contributed by atoms with E-state index in [9.17, 15) is 4.79 Å². The van der Waals surface area contributed by atoms with Crippen LogP contribution in [0.15, 0.2) is 34.9 Å². The van der Waals surface area contributed by atoms with Crippen LogP contribution in [-0.4, -0.2) is 58.6 Å². The Kier molecular flexibility index (Phi) is 6.41. The number of amides is 1. The number of piperazine rings is 1. The summed E-state index contributed by atoms with van der Waals surface area (Å²) in [4.78, 5) is 22.6. The fraction of sp³-hybridized carbons (Fsp3) is 0.591. The third kappa shape index (κ3) is 3.86. The zero-order valence-electron chi connectivity index (χ0n) is 17.4. The monoisotopic (exact) mass is 431 g/mol. The first kappa shape index (κ1) is 21.3. The molecule has 1 amide bonds. The lowest BCUT2D eigenvalue weighted by atomic mass is 9.84. The van der Waals surface area contributed by atoms with E-state index in [2.05, 4.69) is 27.3 Å². The molecule has 0 bridgehead atoms. The summed E-state index contributed by atoms with van der Waals surface area (Å²) in [5, 5.41) is 7.72. The third-order valence-corrected chi connectivity index (χ3v) is 6.89. The molecular formula is C22H30ClN5O2. The van der Waals surface area contributed by atoms with Crippen molar-refractivity contribution in [1.29, 1.82) is 0 Å². The minimum atomic E-state index is -0.126. The van der Waals surface area contributed by atoms with Crippen LogP contribution in [0.25, 0.3) is 0 Å². The first-order valence-corrected chi connectivity index (χ1v) is 10.8. The van der Waals surface area contributed by atoms with Crippen LogP contribution in [0, 0.1) is 5.92 Å². The van der Waals surface area contributed by atoms with Crippen molar-refractivity contribution in [3.63, 3.8) is 0 Å². The van der Waals surface area contributed by atoms with Crippen LogP contribution in [0.3, 0.4) is 0 Å². The van der Waals surface area contributed by atoms with Gasteiger partial charge in [0.25, 0.3) is 5.91 Å². The van der Waals surface area contributed by atoms with E-state index in [1.54, 1.807) is 0 Å². The Morgan fingerprint density at radius 1 is 1.17 bits per heavy atom. The molecular weight excluding hydrogens is 402 g/mol. The molecule has 5 rings (SSSR count). The standard InChI is InChI=1S/C22H29N5O2.ClH/c1-26-12-11-23-14-19(26)20-24-21(29-25-20)18-13-16-9-5-6-10-17(16)27(18)22(28)15-7-3-2-4-8-15;/h2-4,7-8,16-19,23H,5-6,9-14H2,1H3;1H. The molecule has 2 saturated heterocycles. The van der Waals surface area contributed by atoms with Gasteiger partial charge in [-0.2, -0.15) is 4.98 Å². The Bertz CT molecular complexity index is 860. The molecule has 1 aromatic carbocycles. The van der Waals surface area contributed by atoms with E-state index in [-0.39, 0.29) is 36.4 Å². The minimum absolute atomic E-state index is 0. The molecule has 3 heterocycles. The normalized spacial score (nSPS) is 29.3. The zero-order chi connectivity index (χ0) is 19.8. The Hall–Kier alpha value is -1.96. The maximum absolute atomic E-state index is 13.5. The molecule has 4 atom stereocenters. The van der Waals surface area contributed by atoms with E-state index >= 15 is 0 Å². The van der Waals surface area contributed by atoms with Crippen molar-refractivity contribution in [2.45, 2.75) is 50.2 Å². The van der Waals surface area contributed by atoms with E-state index in [0.717, 1.165) is 43.9 Å². The molecule has 2 aliphatic heterocycles. The number of likely N-dealkylation sites (N-methyl/N-ethyl adjacent to an activating group) is 1. The van der Waals surface area contributed by atoms with Gasteiger partial charge in [0.15, 0.2) is 5.82 Å². The average molecular weight is 432 g/mol. The number of hydrogen-bond acceptors (Lipinski definition) is 6. The highest BCUT2D eigenvalue weighted by Crippen LogP contribution is 2.46. The van der Waals surface area contributed by atoms with Gasteiger partial charge in [-0.25, -0.2) is 0 Å². The maximum atomic E-state index is 13.5. The number of nitrogens with one attached hydrogen (secondary N) is 1. The fourth-order valence-electron chi connectivity index (χ4n) is 5.31. The smallest absolute Gasteiger partial charge is 0.254 e. The van der Waals surface area contributed by atoms with Gasteiger partial charge in [0.05, 0.1) is 6.04 Å². The van der Waals surface area contributed by atoms with Gasteiger partial charge in [-0.05, 0) is 44.4 Å². The lowest BCUT2D eigenvalue weighted by molar-refractivity contribution is 0.0588. The summed E-state index contributed by atoms with van der Waals surface area (Å²) >= 11 is 0. The van der Waals surface area contributed by atoms with Crippen molar-refractivity contribution in [1.82, 2.24) is 25.3 Å². The number of rotatable bonds is 3. The predicted molar refractivity (Wildman–Crippen MR) is 116 cm³/mol. The molecule has 3 aliphatic rings. The highest BCUT2D eigenvalue weighted by Gasteiger charge is 2.47. The lowest BCUT2D eigenvalue weighted by Crippen LogP contribution is -2.44. The quantitative estimate of drug-likeness (QED) is 0.804. The average Bonchev–Trinajstić information content (AvgIpc) is 3.39. The molecule has 162 valence electrons. The molecule has 30 heavy (non-hydrogen) atoms. The van der Waals surface area contributed by atoms with Crippen molar-refractivity contribution >= 4 is 18.3 Å². The second kappa shape index (κ2) is 9.04. The first-order valence-electron chi connectivity index (χ1n) is 10.8. The SMILES string of the molecule is CN1CCNCC1c1noc(C2CC3CCCCC3N2C(=O)c2ccccc2)n1.Cl. The number of carbonyl (C=O) groups is 1. The summed E-state index contributed by atoms with van der Waals surface area (Å²) in [5.41, 5.74) is 0.736. The summed E-state index contributed by atoms with van der Waals surface area (Å²) in [7, 11) is 2.09. The molecule has 1 aliphatic carbocycles. The van der Waals surface area contributed by atoms with Crippen LogP contribution in [0.5, 0.6) is 0 Å². The van der Waals surface area contributed by atoms with E-state index in [0.29, 0.717) is 11.8 Å². The van der Waals surface area contributed by atoms with Crippen molar-refractivity contribution in [2.75, 3.05) is 26.7 Å². The van der Waals surface area contributed by atoms with Crippen LogP contribution >= 0.6 is 12.4 Å². The van der Waals surface area contributed by atoms with Gasteiger partial charge in [0.2, 0.25) is 5.89 Å². The second-order valence-electron chi connectivity index (χ2n) is 8.63. The topological polar surface area (TPSA) is 74.5 Å². The van der Waals surface area contributed by atoms with Crippen LogP contribution < -0.4 is 5.32 Å². The highest BCUT2D eigenvalue weighted by molar-refractivity contribution is 5.94. The zero-order valence-corrected chi connectivity index (χ0v) is 18.2. The van der Waals surface area contributed by atoms with Gasteiger partial charge in [-0.15, -0.1) is 12.4 Å². The number of hydrogen-bond donors (Lipinski definition) is 1. The maximum Gasteiger partial charge on any atom is 0.254 e. The van der Waals surface area contributed by atoms with Gasteiger partial charge in [-0.3, -0.25) is 9.69 Å². The third-order valence-electron chi connectivity index (χ3n) is 6.89. The lowest BCUT2D eigenvalue weighted by Gasteiger charge is -2.33.